The summed E-state index contributed by atoms with van der Waals surface area (Å²) < 4.78 is 0.508. The third-order valence-corrected chi connectivity index (χ3v) is 3.60. The van der Waals surface area contributed by atoms with Gasteiger partial charge in [0, 0.05) is 5.69 Å². The molecule has 0 bridgehead atoms. The Morgan fingerprint density at radius 1 is 1.00 bits per heavy atom. The van der Waals surface area contributed by atoms with E-state index in [2.05, 4.69) is 21.2 Å². The number of hydrogen-bond donors (Lipinski definition) is 3. The van der Waals surface area contributed by atoms with Crippen LogP contribution in [0.15, 0.2) is 46.9 Å². The number of nitrogens with one attached hydrogen (secondary N) is 1. The van der Waals surface area contributed by atoms with Gasteiger partial charge < -0.3 is 16.8 Å². The number of amides is 2. The monoisotopic (exact) mass is 333 g/mol. The molecule has 2 aromatic carbocycles. The number of carbonyl (C=O) groups excluding carboxylic acids is 2. The molecule has 0 heterocycles. The van der Waals surface area contributed by atoms with Crippen molar-refractivity contribution in [2.75, 3.05) is 11.1 Å². The van der Waals surface area contributed by atoms with Crippen LogP contribution in [0.1, 0.15) is 20.7 Å². The smallest absolute Gasteiger partial charge is 0.256 e. The molecule has 2 aromatic rings. The molecular formula is C14H12BrN3O2. The van der Waals surface area contributed by atoms with Gasteiger partial charge in [0.05, 0.1) is 21.3 Å². The second-order valence-electron chi connectivity index (χ2n) is 4.07. The highest BCUT2D eigenvalue weighted by Gasteiger charge is 2.14. The Morgan fingerprint density at radius 3 is 2.35 bits per heavy atom. The summed E-state index contributed by atoms with van der Waals surface area (Å²) in [4.78, 5) is 23.5. The maximum atomic E-state index is 12.2. The quantitative estimate of drug-likeness (QED) is 0.752. The van der Waals surface area contributed by atoms with Crippen molar-refractivity contribution in [3.05, 3.63) is 58.1 Å². The van der Waals surface area contributed by atoms with Crippen LogP contribution in [0.3, 0.4) is 0 Å². The van der Waals surface area contributed by atoms with Crippen LogP contribution in [-0.2, 0) is 0 Å². The first-order valence-electron chi connectivity index (χ1n) is 5.75. The van der Waals surface area contributed by atoms with Crippen LogP contribution < -0.4 is 16.8 Å². The average Bonchev–Trinajstić information content (AvgIpc) is 2.42. The molecule has 6 heteroatoms. The topological polar surface area (TPSA) is 98.2 Å². The van der Waals surface area contributed by atoms with E-state index < -0.39 is 5.91 Å². The summed E-state index contributed by atoms with van der Waals surface area (Å²) in [5.74, 6) is -0.981. The van der Waals surface area contributed by atoms with Gasteiger partial charge in [0.2, 0.25) is 0 Å². The van der Waals surface area contributed by atoms with E-state index in [1.165, 1.54) is 0 Å². The van der Waals surface area contributed by atoms with Crippen molar-refractivity contribution < 1.29 is 9.59 Å². The Bertz CT molecular complexity index is 686. The molecule has 5 N–H and O–H groups in total. The lowest BCUT2D eigenvalue weighted by Crippen LogP contribution is -2.18. The molecule has 5 nitrogen and oxygen atoms in total. The highest BCUT2D eigenvalue weighted by atomic mass is 79.9. The lowest BCUT2D eigenvalue weighted by molar-refractivity contribution is 0.100. The summed E-state index contributed by atoms with van der Waals surface area (Å²) >= 11 is 3.26. The van der Waals surface area contributed by atoms with Gasteiger partial charge in [0.1, 0.15) is 0 Å². The summed E-state index contributed by atoms with van der Waals surface area (Å²) in [6.07, 6.45) is 0. The third-order valence-electron chi connectivity index (χ3n) is 2.71. The van der Waals surface area contributed by atoms with Crippen LogP contribution in [0.25, 0.3) is 0 Å². The van der Waals surface area contributed by atoms with Gasteiger partial charge in [-0.25, -0.2) is 0 Å². The molecule has 0 unspecified atom stereocenters. The van der Waals surface area contributed by atoms with E-state index in [0.717, 1.165) is 0 Å². The molecule has 0 saturated heterocycles. The maximum absolute atomic E-state index is 12.2. The molecule has 20 heavy (non-hydrogen) atoms. The number of nitrogen functional groups attached to an aromatic ring is 1. The highest BCUT2D eigenvalue weighted by molar-refractivity contribution is 9.10. The fourth-order valence-electron chi connectivity index (χ4n) is 1.72. The van der Waals surface area contributed by atoms with Crippen molar-refractivity contribution in [1.29, 1.82) is 0 Å². The van der Waals surface area contributed by atoms with Gasteiger partial charge in [-0.05, 0) is 40.2 Å². The fourth-order valence-corrected chi connectivity index (χ4v) is 2.17. The van der Waals surface area contributed by atoms with Crippen molar-refractivity contribution >= 4 is 39.1 Å². The molecule has 0 aliphatic rings. The predicted molar refractivity (Wildman–Crippen MR) is 81.5 cm³/mol. The van der Waals surface area contributed by atoms with Gasteiger partial charge in [0.25, 0.3) is 11.8 Å². The van der Waals surface area contributed by atoms with Gasteiger partial charge >= 0.3 is 0 Å². The van der Waals surface area contributed by atoms with Crippen molar-refractivity contribution in [3.63, 3.8) is 0 Å². The van der Waals surface area contributed by atoms with E-state index in [9.17, 15) is 9.59 Å². The molecule has 2 amide bonds. The normalized spacial score (nSPS) is 10.1. The number of benzene rings is 2. The summed E-state index contributed by atoms with van der Waals surface area (Å²) in [7, 11) is 0. The van der Waals surface area contributed by atoms with Crippen LogP contribution in [0.4, 0.5) is 11.4 Å². The Balaban J connectivity index is 2.33. The van der Waals surface area contributed by atoms with Crippen molar-refractivity contribution in [3.8, 4) is 0 Å². The fraction of sp³-hybridized carbons (Fsp3) is 0. The SMILES string of the molecule is NC(=O)c1ccccc1NC(=O)c1cccc(N)c1Br. The van der Waals surface area contributed by atoms with Gasteiger partial charge in [-0.2, -0.15) is 0 Å². The van der Waals surface area contributed by atoms with Crippen molar-refractivity contribution in [2.45, 2.75) is 0 Å². The van der Waals surface area contributed by atoms with Crippen LogP contribution in [-0.4, -0.2) is 11.8 Å². The van der Waals surface area contributed by atoms with Gasteiger partial charge in [-0.3, -0.25) is 9.59 Å². The molecule has 2 rings (SSSR count). The van der Waals surface area contributed by atoms with E-state index in [1.807, 2.05) is 0 Å². The molecular weight excluding hydrogens is 322 g/mol. The molecule has 0 radical (unpaired) electrons. The number of anilines is 2. The lowest BCUT2D eigenvalue weighted by Gasteiger charge is -2.10. The molecule has 0 aromatic heterocycles. The van der Waals surface area contributed by atoms with Crippen LogP contribution in [0, 0.1) is 0 Å². The first kappa shape index (κ1) is 14.1. The van der Waals surface area contributed by atoms with Gasteiger partial charge in [-0.1, -0.05) is 18.2 Å². The maximum Gasteiger partial charge on any atom is 0.256 e. The standard InChI is InChI=1S/C14H12BrN3O2/c15-12-9(5-3-6-10(12)16)14(20)18-11-7-2-1-4-8(11)13(17)19/h1-7H,16H2,(H2,17,19)(H,18,20). The van der Waals surface area contributed by atoms with Crippen LogP contribution in [0.2, 0.25) is 0 Å². The number of rotatable bonds is 3. The second kappa shape index (κ2) is 5.75. The molecule has 0 saturated carbocycles. The number of halogens is 1. The molecule has 0 aliphatic carbocycles. The number of hydrogen-bond acceptors (Lipinski definition) is 3. The molecule has 102 valence electrons. The minimum Gasteiger partial charge on any atom is -0.398 e. The van der Waals surface area contributed by atoms with Crippen LogP contribution in [0.5, 0.6) is 0 Å². The first-order valence-corrected chi connectivity index (χ1v) is 6.54. The summed E-state index contributed by atoms with van der Waals surface area (Å²) in [6, 6.07) is 11.5. The zero-order valence-corrected chi connectivity index (χ0v) is 12.0. The summed E-state index contributed by atoms with van der Waals surface area (Å²) in [5, 5.41) is 2.65. The zero-order valence-electron chi connectivity index (χ0n) is 10.4. The molecule has 0 aliphatic heterocycles. The summed E-state index contributed by atoms with van der Waals surface area (Å²) in [6.45, 7) is 0. The summed E-state index contributed by atoms with van der Waals surface area (Å²) in [5.41, 5.74) is 12.4. The predicted octanol–water partition coefficient (Wildman–Crippen LogP) is 2.38. The van der Waals surface area contributed by atoms with E-state index in [4.69, 9.17) is 11.5 Å². The van der Waals surface area contributed by atoms with Crippen molar-refractivity contribution in [1.82, 2.24) is 0 Å². The zero-order chi connectivity index (χ0) is 14.7. The number of para-hydroxylation sites is 1. The minimum atomic E-state index is -0.604. The van der Waals surface area contributed by atoms with Crippen LogP contribution >= 0.6 is 15.9 Å². The molecule has 0 atom stereocenters. The van der Waals surface area contributed by atoms with Gasteiger partial charge in [0.15, 0.2) is 0 Å². The second-order valence-corrected chi connectivity index (χ2v) is 4.87. The highest BCUT2D eigenvalue weighted by Crippen LogP contribution is 2.25. The van der Waals surface area contributed by atoms with E-state index in [0.29, 0.717) is 21.4 Å². The number of carbonyl (C=O) groups is 2. The first-order chi connectivity index (χ1) is 9.50. The van der Waals surface area contributed by atoms with E-state index in [-0.39, 0.29) is 11.5 Å². The van der Waals surface area contributed by atoms with Crippen molar-refractivity contribution in [2.24, 2.45) is 5.73 Å². The molecule has 0 spiro atoms. The van der Waals surface area contributed by atoms with Gasteiger partial charge in [-0.15, -0.1) is 0 Å². The van der Waals surface area contributed by atoms with E-state index in [1.54, 1.807) is 42.5 Å². The Morgan fingerprint density at radius 2 is 1.65 bits per heavy atom. The largest absolute Gasteiger partial charge is 0.398 e. The lowest BCUT2D eigenvalue weighted by atomic mass is 10.1. The molecule has 0 fully saturated rings. The Hall–Kier alpha value is -2.34. The number of primary amides is 1. The Kier molecular flexibility index (Phi) is 4.05. The minimum absolute atomic E-state index is 0.251. The Labute approximate surface area is 124 Å². The van der Waals surface area contributed by atoms with E-state index >= 15 is 0 Å². The third kappa shape index (κ3) is 2.80. The average molecular weight is 334 g/mol. The number of nitrogens with two attached hydrogens (primary N) is 2.